The van der Waals surface area contributed by atoms with Crippen molar-refractivity contribution in [2.75, 3.05) is 13.3 Å². The highest BCUT2D eigenvalue weighted by atomic mass is 127. The van der Waals surface area contributed by atoms with Crippen LogP contribution >= 0.6 is 24.0 Å². The molecule has 0 heterocycles. The highest BCUT2D eigenvalue weighted by Crippen LogP contribution is 2.29. The van der Waals surface area contributed by atoms with Gasteiger partial charge in [-0.05, 0) is 55.2 Å². The van der Waals surface area contributed by atoms with E-state index in [4.69, 9.17) is 0 Å². The van der Waals surface area contributed by atoms with Crippen molar-refractivity contribution in [2.45, 2.75) is 57.0 Å². The SMILES string of the molecule is CN=C(NCc1ccc(S(C)(=O)=O)cc1)NC1CCC(C(C)C)CC1.I. The normalized spacial score (nSPS) is 21.2. The second-order valence-electron chi connectivity index (χ2n) is 7.34. The molecule has 0 aromatic heterocycles. The molecule has 0 spiro atoms. The zero-order valence-corrected chi connectivity index (χ0v) is 19.3. The van der Waals surface area contributed by atoms with Gasteiger partial charge < -0.3 is 10.6 Å². The summed E-state index contributed by atoms with van der Waals surface area (Å²) in [4.78, 5) is 4.65. The van der Waals surface area contributed by atoms with Crippen LogP contribution in [0.3, 0.4) is 0 Å². The van der Waals surface area contributed by atoms with E-state index in [0.29, 0.717) is 17.5 Å². The average molecular weight is 493 g/mol. The van der Waals surface area contributed by atoms with Crippen LogP contribution in [0.4, 0.5) is 0 Å². The van der Waals surface area contributed by atoms with Gasteiger partial charge >= 0.3 is 0 Å². The number of nitrogens with one attached hydrogen (secondary N) is 2. The molecule has 0 radical (unpaired) electrons. The summed E-state index contributed by atoms with van der Waals surface area (Å²) in [7, 11) is -1.36. The number of guanidine groups is 1. The van der Waals surface area contributed by atoms with Crippen LogP contribution in [0.2, 0.25) is 0 Å². The molecular weight excluding hydrogens is 461 g/mol. The molecular formula is C19H32IN3O2S. The maximum atomic E-state index is 11.5. The third kappa shape index (κ3) is 7.06. The second kappa shape index (κ2) is 10.5. The summed E-state index contributed by atoms with van der Waals surface area (Å²) in [5, 5.41) is 6.83. The monoisotopic (exact) mass is 493 g/mol. The minimum Gasteiger partial charge on any atom is -0.354 e. The molecule has 1 aromatic carbocycles. The van der Waals surface area contributed by atoms with Gasteiger partial charge in [0.25, 0.3) is 0 Å². The Hall–Kier alpha value is -0.830. The van der Waals surface area contributed by atoms with Crippen molar-refractivity contribution in [1.29, 1.82) is 0 Å². The molecule has 1 aromatic rings. The number of hydrogen-bond donors (Lipinski definition) is 2. The lowest BCUT2D eigenvalue weighted by Gasteiger charge is -2.32. The number of nitrogens with zero attached hydrogens (tertiary/aromatic N) is 1. The Morgan fingerprint density at radius 1 is 1.15 bits per heavy atom. The molecule has 0 unspecified atom stereocenters. The molecule has 26 heavy (non-hydrogen) atoms. The lowest BCUT2D eigenvalue weighted by atomic mass is 9.80. The van der Waals surface area contributed by atoms with E-state index in [0.717, 1.165) is 23.4 Å². The molecule has 0 saturated heterocycles. The van der Waals surface area contributed by atoms with E-state index in [2.05, 4.69) is 29.5 Å². The van der Waals surface area contributed by atoms with Crippen LogP contribution in [-0.4, -0.2) is 33.7 Å². The van der Waals surface area contributed by atoms with E-state index in [1.807, 2.05) is 12.1 Å². The van der Waals surface area contributed by atoms with Crippen LogP contribution in [-0.2, 0) is 16.4 Å². The lowest BCUT2D eigenvalue weighted by molar-refractivity contribution is 0.250. The lowest BCUT2D eigenvalue weighted by Crippen LogP contribution is -2.44. The molecule has 1 aliphatic rings. The van der Waals surface area contributed by atoms with Gasteiger partial charge in [0.05, 0.1) is 4.90 Å². The maximum absolute atomic E-state index is 11.5. The fourth-order valence-electron chi connectivity index (χ4n) is 3.36. The van der Waals surface area contributed by atoms with Crippen LogP contribution in [0.25, 0.3) is 0 Å². The average Bonchev–Trinajstić information content (AvgIpc) is 2.58. The minimum atomic E-state index is -3.14. The van der Waals surface area contributed by atoms with Crippen molar-refractivity contribution in [3.05, 3.63) is 29.8 Å². The van der Waals surface area contributed by atoms with Gasteiger partial charge in [0, 0.05) is 25.9 Å². The van der Waals surface area contributed by atoms with Crippen molar-refractivity contribution >= 4 is 39.8 Å². The summed E-state index contributed by atoms with van der Waals surface area (Å²) in [5.74, 6) is 2.43. The Morgan fingerprint density at radius 3 is 2.19 bits per heavy atom. The number of benzene rings is 1. The summed E-state index contributed by atoms with van der Waals surface area (Å²) in [6, 6.07) is 7.45. The van der Waals surface area contributed by atoms with Crippen molar-refractivity contribution < 1.29 is 8.42 Å². The molecule has 0 aliphatic heterocycles. The third-order valence-corrected chi connectivity index (χ3v) is 6.22. The van der Waals surface area contributed by atoms with Gasteiger partial charge in [0.1, 0.15) is 0 Å². The summed E-state index contributed by atoms with van der Waals surface area (Å²) >= 11 is 0. The topological polar surface area (TPSA) is 70.6 Å². The minimum absolute atomic E-state index is 0. The first-order chi connectivity index (χ1) is 11.8. The number of sulfone groups is 1. The van der Waals surface area contributed by atoms with Crippen LogP contribution in [0.5, 0.6) is 0 Å². The molecule has 0 atom stereocenters. The number of rotatable bonds is 5. The Labute approximate surface area is 175 Å². The zero-order chi connectivity index (χ0) is 18.4. The Balaban J connectivity index is 0.00000338. The van der Waals surface area contributed by atoms with E-state index in [-0.39, 0.29) is 24.0 Å². The molecule has 1 saturated carbocycles. The Kier molecular flexibility index (Phi) is 9.36. The Morgan fingerprint density at radius 2 is 1.73 bits per heavy atom. The summed E-state index contributed by atoms with van der Waals surface area (Å²) in [5.41, 5.74) is 1.03. The van der Waals surface area contributed by atoms with E-state index < -0.39 is 9.84 Å². The van der Waals surface area contributed by atoms with Gasteiger partial charge in [-0.3, -0.25) is 4.99 Å². The summed E-state index contributed by atoms with van der Waals surface area (Å²) in [6.07, 6.45) is 6.15. The number of hydrogen-bond acceptors (Lipinski definition) is 3. The van der Waals surface area contributed by atoms with Crippen LogP contribution in [0.15, 0.2) is 34.2 Å². The molecule has 0 bridgehead atoms. The first kappa shape index (κ1) is 23.2. The van der Waals surface area contributed by atoms with Gasteiger partial charge in [-0.15, -0.1) is 24.0 Å². The fraction of sp³-hybridized carbons (Fsp3) is 0.632. The number of aliphatic imine (C=N–C) groups is 1. The number of halogens is 1. The quantitative estimate of drug-likeness (QED) is 0.374. The van der Waals surface area contributed by atoms with E-state index >= 15 is 0 Å². The predicted octanol–water partition coefficient (Wildman–Crippen LogP) is 3.59. The molecule has 1 aliphatic carbocycles. The van der Waals surface area contributed by atoms with Gasteiger partial charge in [-0.25, -0.2) is 8.42 Å². The predicted molar refractivity (Wildman–Crippen MR) is 119 cm³/mol. The van der Waals surface area contributed by atoms with Gasteiger partial charge in [0.15, 0.2) is 15.8 Å². The molecule has 2 N–H and O–H groups in total. The fourth-order valence-corrected chi connectivity index (χ4v) is 3.99. The largest absolute Gasteiger partial charge is 0.354 e. The molecule has 0 amide bonds. The van der Waals surface area contributed by atoms with Crippen molar-refractivity contribution in [3.63, 3.8) is 0 Å². The first-order valence-corrected chi connectivity index (χ1v) is 10.9. The molecule has 7 heteroatoms. The Bertz CT molecular complexity index is 679. The first-order valence-electron chi connectivity index (χ1n) is 9.05. The summed E-state index contributed by atoms with van der Waals surface area (Å²) < 4.78 is 23.0. The van der Waals surface area contributed by atoms with E-state index in [1.54, 1.807) is 19.2 Å². The summed E-state index contributed by atoms with van der Waals surface area (Å²) in [6.45, 7) is 5.24. The molecule has 5 nitrogen and oxygen atoms in total. The highest BCUT2D eigenvalue weighted by Gasteiger charge is 2.23. The molecule has 2 rings (SSSR count). The van der Waals surface area contributed by atoms with Gasteiger partial charge in [-0.1, -0.05) is 26.0 Å². The van der Waals surface area contributed by atoms with Crippen LogP contribution in [0, 0.1) is 11.8 Å². The van der Waals surface area contributed by atoms with Gasteiger partial charge in [-0.2, -0.15) is 0 Å². The van der Waals surface area contributed by atoms with Crippen molar-refractivity contribution in [2.24, 2.45) is 16.8 Å². The van der Waals surface area contributed by atoms with Gasteiger partial charge in [0.2, 0.25) is 0 Å². The maximum Gasteiger partial charge on any atom is 0.191 e. The highest BCUT2D eigenvalue weighted by molar-refractivity contribution is 14.0. The van der Waals surface area contributed by atoms with Crippen LogP contribution in [0.1, 0.15) is 45.1 Å². The van der Waals surface area contributed by atoms with Crippen molar-refractivity contribution in [1.82, 2.24) is 10.6 Å². The molecule has 1 fully saturated rings. The van der Waals surface area contributed by atoms with Crippen molar-refractivity contribution in [3.8, 4) is 0 Å². The van der Waals surface area contributed by atoms with E-state index in [9.17, 15) is 8.42 Å². The van der Waals surface area contributed by atoms with Crippen LogP contribution < -0.4 is 10.6 Å². The molecule has 148 valence electrons. The standard InChI is InChI=1S/C19H31N3O2S.HI/c1-14(2)16-7-9-17(10-8-16)22-19(20-3)21-13-15-5-11-18(12-6-15)25(4,23)24;/h5-6,11-12,14,16-17H,7-10,13H2,1-4H3,(H2,20,21,22);1H. The zero-order valence-electron chi connectivity index (χ0n) is 16.2. The smallest absolute Gasteiger partial charge is 0.191 e. The van der Waals surface area contributed by atoms with E-state index in [1.165, 1.54) is 31.9 Å². The second-order valence-corrected chi connectivity index (χ2v) is 9.36. The third-order valence-electron chi connectivity index (χ3n) is 5.09.